The predicted octanol–water partition coefficient (Wildman–Crippen LogP) is 3.48. The first-order valence-electron chi connectivity index (χ1n) is 9.06. The van der Waals surface area contributed by atoms with Gasteiger partial charge in [-0.25, -0.2) is 9.18 Å². The molecule has 1 aromatic carbocycles. The maximum atomic E-state index is 14.9. The lowest BCUT2D eigenvalue weighted by Gasteiger charge is -2.37. The molecule has 4 fully saturated rings. The Bertz CT molecular complexity index is 744. The SMILES string of the molecule is CC12CC(C1)[C@H]([C@H](O)c1cccc(/N=N/N3CCCC3)c1F)N2C(=O)O. The van der Waals surface area contributed by atoms with E-state index in [-0.39, 0.29) is 17.2 Å². The van der Waals surface area contributed by atoms with E-state index in [1.807, 2.05) is 6.92 Å². The van der Waals surface area contributed by atoms with Gasteiger partial charge in [-0.3, -0.25) is 9.91 Å². The van der Waals surface area contributed by atoms with Crippen molar-refractivity contribution in [2.45, 2.75) is 50.3 Å². The van der Waals surface area contributed by atoms with Crippen LogP contribution >= 0.6 is 0 Å². The molecule has 4 aliphatic rings. The number of rotatable bonds is 4. The molecular formula is C18H23FN4O3. The number of hydrogen-bond donors (Lipinski definition) is 2. The Labute approximate surface area is 151 Å². The largest absolute Gasteiger partial charge is 0.465 e. The molecule has 3 aliphatic heterocycles. The van der Waals surface area contributed by atoms with Crippen LogP contribution in [0.15, 0.2) is 28.5 Å². The summed E-state index contributed by atoms with van der Waals surface area (Å²) in [4.78, 5) is 13.0. The van der Waals surface area contributed by atoms with Crippen molar-refractivity contribution < 1.29 is 19.4 Å². The van der Waals surface area contributed by atoms with Gasteiger partial charge in [0.05, 0.1) is 6.04 Å². The molecule has 2 N–H and O–H groups in total. The van der Waals surface area contributed by atoms with Crippen LogP contribution in [0.1, 0.15) is 44.3 Å². The number of aliphatic hydroxyl groups excluding tert-OH is 1. The molecule has 0 aromatic heterocycles. The van der Waals surface area contributed by atoms with Gasteiger partial charge in [0, 0.05) is 24.2 Å². The van der Waals surface area contributed by atoms with Crippen LogP contribution in [0, 0.1) is 11.7 Å². The molecule has 2 bridgehead atoms. The van der Waals surface area contributed by atoms with Crippen molar-refractivity contribution in [1.82, 2.24) is 9.91 Å². The highest BCUT2D eigenvalue weighted by molar-refractivity contribution is 5.68. The number of fused-ring (bicyclic) bond motifs is 1. The van der Waals surface area contributed by atoms with Crippen molar-refractivity contribution in [2.24, 2.45) is 16.3 Å². The molecule has 7 nitrogen and oxygen atoms in total. The highest BCUT2D eigenvalue weighted by Gasteiger charge is 2.63. The second-order valence-corrected chi connectivity index (χ2v) is 7.78. The zero-order valence-corrected chi connectivity index (χ0v) is 14.7. The highest BCUT2D eigenvalue weighted by Crippen LogP contribution is 2.57. The zero-order chi connectivity index (χ0) is 18.5. The van der Waals surface area contributed by atoms with Crippen molar-refractivity contribution in [3.8, 4) is 0 Å². The summed E-state index contributed by atoms with van der Waals surface area (Å²) < 4.78 is 14.9. The molecule has 5 rings (SSSR count). The van der Waals surface area contributed by atoms with Gasteiger partial charge in [0.1, 0.15) is 11.8 Å². The van der Waals surface area contributed by atoms with E-state index in [1.54, 1.807) is 11.1 Å². The van der Waals surface area contributed by atoms with Gasteiger partial charge in [-0.2, -0.15) is 0 Å². The molecule has 2 atom stereocenters. The highest BCUT2D eigenvalue weighted by atomic mass is 19.1. The van der Waals surface area contributed by atoms with Crippen molar-refractivity contribution in [2.75, 3.05) is 13.1 Å². The normalized spacial score (nSPS) is 31.5. The molecule has 3 heterocycles. The van der Waals surface area contributed by atoms with E-state index in [2.05, 4.69) is 10.3 Å². The molecule has 0 radical (unpaired) electrons. The quantitative estimate of drug-likeness (QED) is 0.803. The number of benzene rings is 1. The number of halogens is 1. The fourth-order valence-corrected chi connectivity index (χ4v) is 4.76. The third-order valence-corrected chi connectivity index (χ3v) is 5.98. The average Bonchev–Trinajstić information content (AvgIpc) is 3.25. The molecule has 8 heteroatoms. The summed E-state index contributed by atoms with van der Waals surface area (Å²) in [5.41, 5.74) is -0.312. The van der Waals surface area contributed by atoms with Crippen LogP contribution in [0.5, 0.6) is 0 Å². The second kappa shape index (κ2) is 6.19. The van der Waals surface area contributed by atoms with E-state index in [1.165, 1.54) is 17.0 Å². The summed E-state index contributed by atoms with van der Waals surface area (Å²) in [5.74, 6) is -0.581. The molecule has 1 aliphatic carbocycles. The Morgan fingerprint density at radius 3 is 2.69 bits per heavy atom. The van der Waals surface area contributed by atoms with Gasteiger partial charge in [0.25, 0.3) is 0 Å². The molecule has 0 unspecified atom stereocenters. The van der Waals surface area contributed by atoms with Gasteiger partial charge in [0.15, 0.2) is 5.82 Å². The number of carbonyl (C=O) groups is 1. The number of aliphatic hydroxyl groups is 1. The number of carboxylic acid groups (broad SMARTS) is 1. The summed E-state index contributed by atoms with van der Waals surface area (Å²) >= 11 is 0. The summed E-state index contributed by atoms with van der Waals surface area (Å²) in [6.07, 6.45) is 1.22. The second-order valence-electron chi connectivity index (χ2n) is 7.78. The van der Waals surface area contributed by atoms with Gasteiger partial charge in [-0.05, 0) is 44.6 Å². The Hall–Kier alpha value is -2.22. The van der Waals surface area contributed by atoms with Crippen LogP contribution in [-0.2, 0) is 0 Å². The first-order chi connectivity index (χ1) is 12.4. The van der Waals surface area contributed by atoms with E-state index in [0.717, 1.165) is 25.9 Å². The molecule has 1 aromatic rings. The van der Waals surface area contributed by atoms with Gasteiger partial charge in [0.2, 0.25) is 0 Å². The molecule has 0 spiro atoms. The van der Waals surface area contributed by atoms with Crippen molar-refractivity contribution in [3.63, 3.8) is 0 Å². The molecule has 1 saturated carbocycles. The van der Waals surface area contributed by atoms with Crippen molar-refractivity contribution in [1.29, 1.82) is 0 Å². The van der Waals surface area contributed by atoms with Crippen molar-refractivity contribution >= 4 is 11.8 Å². The molecule has 3 saturated heterocycles. The topological polar surface area (TPSA) is 88.7 Å². The van der Waals surface area contributed by atoms with Crippen LogP contribution in [0.2, 0.25) is 0 Å². The number of amides is 1. The maximum Gasteiger partial charge on any atom is 0.408 e. The number of nitrogens with zero attached hydrogens (tertiary/aromatic N) is 4. The van der Waals surface area contributed by atoms with Crippen LogP contribution in [0.3, 0.4) is 0 Å². The number of hydrogen-bond acceptors (Lipinski definition) is 4. The van der Waals surface area contributed by atoms with Crippen LogP contribution in [0.4, 0.5) is 14.9 Å². The monoisotopic (exact) mass is 362 g/mol. The van der Waals surface area contributed by atoms with Gasteiger partial charge < -0.3 is 10.2 Å². The van der Waals surface area contributed by atoms with Gasteiger partial charge >= 0.3 is 6.09 Å². The van der Waals surface area contributed by atoms with Crippen LogP contribution < -0.4 is 0 Å². The van der Waals surface area contributed by atoms with Crippen LogP contribution in [0.25, 0.3) is 0 Å². The lowest BCUT2D eigenvalue weighted by Crippen LogP contribution is -2.47. The average molecular weight is 362 g/mol. The third-order valence-electron chi connectivity index (χ3n) is 5.98. The van der Waals surface area contributed by atoms with Gasteiger partial charge in [-0.15, -0.1) is 5.11 Å². The van der Waals surface area contributed by atoms with E-state index in [9.17, 15) is 19.4 Å². The smallest absolute Gasteiger partial charge is 0.408 e. The Kier molecular flexibility index (Phi) is 4.10. The molecular weight excluding hydrogens is 339 g/mol. The Balaban J connectivity index is 1.59. The maximum absolute atomic E-state index is 14.9. The van der Waals surface area contributed by atoms with E-state index in [0.29, 0.717) is 12.8 Å². The summed E-state index contributed by atoms with van der Waals surface area (Å²) in [7, 11) is 0. The first-order valence-corrected chi connectivity index (χ1v) is 9.06. The van der Waals surface area contributed by atoms with Crippen molar-refractivity contribution in [3.05, 3.63) is 29.6 Å². The minimum absolute atomic E-state index is 0.0559. The van der Waals surface area contributed by atoms with E-state index in [4.69, 9.17) is 0 Å². The minimum Gasteiger partial charge on any atom is -0.465 e. The Morgan fingerprint density at radius 2 is 2.04 bits per heavy atom. The summed E-state index contributed by atoms with van der Waals surface area (Å²) in [6, 6.07) is 3.99. The fraction of sp³-hybridized carbons (Fsp3) is 0.611. The first kappa shape index (κ1) is 17.2. The van der Waals surface area contributed by atoms with E-state index >= 15 is 0 Å². The Morgan fingerprint density at radius 1 is 1.35 bits per heavy atom. The molecule has 140 valence electrons. The lowest BCUT2D eigenvalue weighted by molar-refractivity contribution is 0.0499. The third kappa shape index (κ3) is 2.63. The van der Waals surface area contributed by atoms with Crippen LogP contribution in [-0.4, -0.2) is 50.9 Å². The van der Waals surface area contributed by atoms with E-state index < -0.39 is 29.6 Å². The summed E-state index contributed by atoms with van der Waals surface area (Å²) in [5, 5.41) is 30.2. The molecule has 26 heavy (non-hydrogen) atoms. The fourth-order valence-electron chi connectivity index (χ4n) is 4.76. The zero-order valence-electron chi connectivity index (χ0n) is 14.7. The lowest BCUT2D eigenvalue weighted by atomic mass is 9.72. The predicted molar refractivity (Wildman–Crippen MR) is 91.5 cm³/mol. The minimum atomic E-state index is -1.22. The standard InChI is InChI=1S/C18H23FN4O3/c1-18-9-11(10-18)15(23(18)17(25)26)16(24)12-5-4-6-13(14(12)19)20-21-22-7-2-3-8-22/h4-6,11,15-16,24H,2-3,7-10H2,1H3,(H,25,26)/b21-20+/t11?,15-,16-,18?/m1/s1. The molecule has 1 amide bonds. The summed E-state index contributed by atoms with van der Waals surface area (Å²) in [6.45, 7) is 3.49. The van der Waals surface area contributed by atoms with Gasteiger partial charge in [-0.1, -0.05) is 17.4 Å².